The molecule has 0 saturated carbocycles. The number of carbonyl (C=O) groups excluding carboxylic acids is 5. The van der Waals surface area contributed by atoms with Gasteiger partial charge in [0.2, 0.25) is 23.6 Å². The van der Waals surface area contributed by atoms with Gasteiger partial charge in [0, 0.05) is 31.9 Å². The van der Waals surface area contributed by atoms with Gasteiger partial charge in [0.1, 0.15) is 18.1 Å². The summed E-state index contributed by atoms with van der Waals surface area (Å²) in [6.45, 7) is 4.43. The maximum absolute atomic E-state index is 13.3. The highest BCUT2D eigenvalue weighted by atomic mass is 16.3. The number of aliphatic hydroxyl groups excluding tert-OH is 1. The summed E-state index contributed by atoms with van der Waals surface area (Å²) in [5.74, 6) is -3.28. The van der Waals surface area contributed by atoms with Gasteiger partial charge in [-0.2, -0.15) is 0 Å². The van der Waals surface area contributed by atoms with Crippen LogP contribution in [0.25, 0.3) is 0 Å². The first-order valence-corrected chi connectivity index (χ1v) is 12.9. The van der Waals surface area contributed by atoms with Crippen molar-refractivity contribution < 1.29 is 29.1 Å². The van der Waals surface area contributed by atoms with Crippen molar-refractivity contribution in [2.45, 2.75) is 51.4 Å². The largest absolute Gasteiger partial charge is 0.391 e. The van der Waals surface area contributed by atoms with Crippen LogP contribution in [0, 0.1) is 5.92 Å². The summed E-state index contributed by atoms with van der Waals surface area (Å²) >= 11 is 0. The predicted octanol–water partition coefficient (Wildman–Crippen LogP) is -0.679. The average Bonchev–Trinajstić information content (AvgIpc) is 3.43. The summed E-state index contributed by atoms with van der Waals surface area (Å²) in [6.07, 6.45) is 1.93. The van der Waals surface area contributed by atoms with Crippen LogP contribution < -0.4 is 21.3 Å². The van der Waals surface area contributed by atoms with Crippen LogP contribution in [-0.4, -0.2) is 88.4 Å². The molecule has 3 rings (SSSR count). The van der Waals surface area contributed by atoms with Crippen molar-refractivity contribution in [3.8, 4) is 0 Å². The minimum absolute atomic E-state index is 0.0289. The molecule has 2 heterocycles. The van der Waals surface area contributed by atoms with Gasteiger partial charge in [-0.25, -0.2) is 0 Å². The highest BCUT2D eigenvalue weighted by molar-refractivity contribution is 5.98. The van der Waals surface area contributed by atoms with Gasteiger partial charge in [0.05, 0.1) is 18.2 Å². The summed E-state index contributed by atoms with van der Waals surface area (Å²) in [7, 11) is 0. The Morgan fingerprint density at radius 1 is 0.949 bits per heavy atom. The summed E-state index contributed by atoms with van der Waals surface area (Å²) in [5, 5.41) is 20.8. The summed E-state index contributed by atoms with van der Waals surface area (Å²) in [5.41, 5.74) is 1.08. The maximum atomic E-state index is 13.3. The van der Waals surface area contributed by atoms with Crippen molar-refractivity contribution in [1.29, 1.82) is 0 Å². The van der Waals surface area contributed by atoms with Gasteiger partial charge in [0.15, 0.2) is 0 Å². The Balaban J connectivity index is 1.93. The zero-order chi connectivity index (χ0) is 28.5. The molecule has 210 valence electrons. The molecular weight excluding hydrogens is 504 g/mol. The van der Waals surface area contributed by atoms with Crippen LogP contribution in [0.5, 0.6) is 0 Å². The molecule has 0 bridgehead atoms. The molecule has 1 aliphatic rings. The Kier molecular flexibility index (Phi) is 10.2. The van der Waals surface area contributed by atoms with Gasteiger partial charge in [-0.15, -0.1) is 0 Å². The minimum atomic E-state index is -1.31. The van der Waals surface area contributed by atoms with Gasteiger partial charge in [-0.3, -0.25) is 24.0 Å². The van der Waals surface area contributed by atoms with E-state index in [0.29, 0.717) is 5.56 Å². The number of aromatic amines is 1. The standard InChI is InChI=1S/C27H36N6O6/c1-16(2)22-26(38)30-20(13-18-7-5-4-6-8-18)24(36)32-23(17(3)34)25(37)29-11-12-33(15-21(35)31-22)27(39)19-9-10-28-14-19/h4-10,14,16-17,20,22-23,28,34H,11-13,15H2,1-3H3,(H,29,37)(H,30,38)(H,31,35)(H,32,36)/t17-,20+,22-,23+/m1/s1. The second kappa shape index (κ2) is 13.6. The molecule has 0 aliphatic carbocycles. The maximum Gasteiger partial charge on any atom is 0.255 e. The lowest BCUT2D eigenvalue weighted by molar-refractivity contribution is -0.135. The van der Waals surface area contributed by atoms with E-state index < -0.39 is 53.8 Å². The van der Waals surface area contributed by atoms with Gasteiger partial charge in [-0.1, -0.05) is 44.2 Å². The monoisotopic (exact) mass is 540 g/mol. The molecular formula is C27H36N6O6. The number of rotatable bonds is 5. The molecule has 1 saturated heterocycles. The van der Waals surface area contributed by atoms with Gasteiger partial charge in [0.25, 0.3) is 5.91 Å². The van der Waals surface area contributed by atoms with E-state index in [1.807, 2.05) is 6.07 Å². The lowest BCUT2D eigenvalue weighted by Crippen LogP contribution is -2.60. The molecule has 0 unspecified atom stereocenters. The Hall–Kier alpha value is -4.19. The second-order valence-electron chi connectivity index (χ2n) is 9.88. The third kappa shape index (κ3) is 8.14. The molecule has 12 heteroatoms. The lowest BCUT2D eigenvalue weighted by Gasteiger charge is -2.27. The Labute approximate surface area is 226 Å². The molecule has 1 aliphatic heterocycles. The third-order valence-electron chi connectivity index (χ3n) is 6.39. The van der Waals surface area contributed by atoms with Crippen molar-refractivity contribution >= 4 is 29.5 Å². The fourth-order valence-corrected chi connectivity index (χ4v) is 4.22. The number of aromatic nitrogens is 1. The number of aliphatic hydroxyl groups is 1. The minimum Gasteiger partial charge on any atom is -0.391 e. The number of nitrogens with zero attached hydrogens (tertiary/aromatic N) is 1. The average molecular weight is 541 g/mol. The van der Waals surface area contributed by atoms with E-state index >= 15 is 0 Å². The number of H-pyrrole nitrogens is 1. The van der Waals surface area contributed by atoms with Crippen molar-refractivity contribution in [2.24, 2.45) is 5.92 Å². The Morgan fingerprint density at radius 2 is 1.67 bits per heavy atom. The highest BCUT2D eigenvalue weighted by Crippen LogP contribution is 2.09. The van der Waals surface area contributed by atoms with E-state index in [-0.39, 0.29) is 32.0 Å². The van der Waals surface area contributed by atoms with E-state index in [1.54, 1.807) is 50.4 Å². The van der Waals surface area contributed by atoms with E-state index in [1.165, 1.54) is 18.0 Å². The van der Waals surface area contributed by atoms with Crippen LogP contribution in [-0.2, 0) is 25.6 Å². The molecule has 2 aromatic rings. The fraction of sp³-hybridized carbons (Fsp3) is 0.444. The Morgan fingerprint density at radius 3 is 2.28 bits per heavy atom. The van der Waals surface area contributed by atoms with Crippen LogP contribution in [0.3, 0.4) is 0 Å². The van der Waals surface area contributed by atoms with Gasteiger partial charge in [-0.05, 0) is 24.5 Å². The van der Waals surface area contributed by atoms with Crippen molar-refractivity contribution in [1.82, 2.24) is 31.2 Å². The molecule has 4 atom stereocenters. The number of hydrogen-bond donors (Lipinski definition) is 6. The van der Waals surface area contributed by atoms with Gasteiger partial charge < -0.3 is 36.3 Å². The topological polar surface area (TPSA) is 173 Å². The van der Waals surface area contributed by atoms with Gasteiger partial charge >= 0.3 is 0 Å². The first-order chi connectivity index (χ1) is 18.6. The predicted molar refractivity (Wildman–Crippen MR) is 142 cm³/mol. The highest BCUT2D eigenvalue weighted by Gasteiger charge is 2.33. The van der Waals surface area contributed by atoms with E-state index in [4.69, 9.17) is 0 Å². The lowest BCUT2D eigenvalue weighted by atomic mass is 10.0. The molecule has 5 amide bonds. The SMILES string of the molecule is CC(C)[C@H]1NC(=O)CN(C(=O)c2cc[nH]c2)CCNC(=O)[C@H]([C@@H](C)O)NC(=O)[C@H](Cc2ccccc2)NC1=O. The number of benzene rings is 1. The number of carbonyl (C=O) groups is 5. The van der Waals surface area contributed by atoms with Crippen LogP contribution in [0.2, 0.25) is 0 Å². The molecule has 6 N–H and O–H groups in total. The van der Waals surface area contributed by atoms with E-state index in [9.17, 15) is 29.1 Å². The van der Waals surface area contributed by atoms with E-state index in [2.05, 4.69) is 26.3 Å². The number of amides is 5. The molecule has 12 nitrogen and oxygen atoms in total. The third-order valence-corrected chi connectivity index (χ3v) is 6.39. The van der Waals surface area contributed by atoms with Crippen LogP contribution >= 0.6 is 0 Å². The van der Waals surface area contributed by atoms with E-state index in [0.717, 1.165) is 5.56 Å². The first-order valence-electron chi connectivity index (χ1n) is 12.9. The molecule has 1 aromatic heterocycles. The zero-order valence-corrected chi connectivity index (χ0v) is 22.3. The van der Waals surface area contributed by atoms with Crippen LogP contribution in [0.1, 0.15) is 36.7 Å². The van der Waals surface area contributed by atoms with Crippen molar-refractivity contribution in [2.75, 3.05) is 19.6 Å². The molecule has 1 fully saturated rings. The fourth-order valence-electron chi connectivity index (χ4n) is 4.22. The Bertz CT molecular complexity index is 1150. The van der Waals surface area contributed by atoms with Crippen LogP contribution in [0.15, 0.2) is 48.8 Å². The molecule has 0 radical (unpaired) electrons. The number of hydrogen-bond acceptors (Lipinski definition) is 6. The molecule has 0 spiro atoms. The second-order valence-corrected chi connectivity index (χ2v) is 9.88. The molecule has 1 aromatic carbocycles. The first kappa shape index (κ1) is 29.4. The zero-order valence-electron chi connectivity index (χ0n) is 22.3. The number of nitrogens with one attached hydrogen (secondary N) is 5. The summed E-state index contributed by atoms with van der Waals surface area (Å²) in [4.78, 5) is 69.7. The van der Waals surface area contributed by atoms with Crippen molar-refractivity contribution in [3.05, 3.63) is 59.9 Å². The van der Waals surface area contributed by atoms with Crippen LogP contribution in [0.4, 0.5) is 0 Å². The summed E-state index contributed by atoms with van der Waals surface area (Å²) in [6, 6.07) is 7.17. The van der Waals surface area contributed by atoms with Crippen molar-refractivity contribution in [3.63, 3.8) is 0 Å². The summed E-state index contributed by atoms with van der Waals surface area (Å²) < 4.78 is 0. The normalized spacial score (nSPS) is 22.6. The molecule has 39 heavy (non-hydrogen) atoms. The smallest absolute Gasteiger partial charge is 0.255 e. The quantitative estimate of drug-likeness (QED) is 0.293.